The molecule has 0 bridgehead atoms. The van der Waals surface area contributed by atoms with Gasteiger partial charge in [-0.05, 0) is 109 Å². The second-order valence-corrected chi connectivity index (χ2v) is 24.2. The molecule has 2 unspecified atom stereocenters. The van der Waals surface area contributed by atoms with Crippen molar-refractivity contribution >= 4 is 19.8 Å². The molecular formula is C72H123NO8P+. The number of ether oxygens (including phenoxy) is 2. The van der Waals surface area contributed by atoms with Crippen molar-refractivity contribution in [2.75, 3.05) is 47.5 Å². The summed E-state index contributed by atoms with van der Waals surface area (Å²) in [4.78, 5) is 35.8. The van der Waals surface area contributed by atoms with Crippen LogP contribution in [-0.4, -0.2) is 74.9 Å². The lowest BCUT2D eigenvalue weighted by molar-refractivity contribution is -0.870. The number of esters is 2. The van der Waals surface area contributed by atoms with E-state index in [1.165, 1.54) is 109 Å². The van der Waals surface area contributed by atoms with E-state index < -0.39 is 32.5 Å². The number of hydrogen-bond acceptors (Lipinski definition) is 7. The van der Waals surface area contributed by atoms with Crippen molar-refractivity contribution in [2.45, 2.75) is 264 Å². The van der Waals surface area contributed by atoms with Gasteiger partial charge >= 0.3 is 19.8 Å². The highest BCUT2D eigenvalue weighted by atomic mass is 31.2. The Morgan fingerprint density at radius 2 is 0.659 bits per heavy atom. The Labute approximate surface area is 504 Å². The Bertz CT molecular complexity index is 1850. The molecule has 0 saturated carbocycles. The van der Waals surface area contributed by atoms with Crippen molar-refractivity contribution in [2.24, 2.45) is 0 Å². The van der Waals surface area contributed by atoms with Gasteiger partial charge in [0.1, 0.15) is 19.8 Å². The van der Waals surface area contributed by atoms with Gasteiger partial charge in [-0.1, -0.05) is 270 Å². The number of unbranched alkanes of at least 4 members (excludes halogenated alkanes) is 23. The van der Waals surface area contributed by atoms with E-state index in [4.69, 9.17) is 18.5 Å². The number of quaternary nitrogens is 1. The summed E-state index contributed by atoms with van der Waals surface area (Å²) in [6.45, 7) is 4.17. The highest BCUT2D eigenvalue weighted by Gasteiger charge is 2.27. The summed E-state index contributed by atoms with van der Waals surface area (Å²) in [7, 11) is 1.45. The second-order valence-electron chi connectivity index (χ2n) is 22.7. The molecule has 0 aromatic rings. The van der Waals surface area contributed by atoms with Crippen molar-refractivity contribution in [3.8, 4) is 0 Å². The van der Waals surface area contributed by atoms with Gasteiger partial charge in [-0.2, -0.15) is 0 Å². The molecule has 1 N–H and O–H groups in total. The molecule has 10 heteroatoms. The maximum absolute atomic E-state index is 12.9. The van der Waals surface area contributed by atoms with Crippen LogP contribution in [0.4, 0.5) is 0 Å². The number of carbonyl (C=O) groups is 2. The van der Waals surface area contributed by atoms with Crippen LogP contribution in [0.1, 0.15) is 258 Å². The fourth-order valence-corrected chi connectivity index (χ4v) is 9.44. The predicted molar refractivity (Wildman–Crippen MR) is 353 cm³/mol. The molecule has 0 aliphatic rings. The lowest BCUT2D eigenvalue weighted by atomic mass is 10.0. The molecule has 9 nitrogen and oxygen atoms in total. The van der Waals surface area contributed by atoms with Gasteiger partial charge in [-0.3, -0.25) is 18.6 Å². The molecule has 0 aromatic heterocycles. The fourth-order valence-electron chi connectivity index (χ4n) is 8.69. The monoisotopic (exact) mass is 1160 g/mol. The zero-order valence-electron chi connectivity index (χ0n) is 53.2. The first-order valence-corrected chi connectivity index (χ1v) is 34.4. The average molecular weight is 1160 g/mol. The average Bonchev–Trinajstić information content (AvgIpc) is 3.46. The molecule has 0 aliphatic heterocycles. The number of carbonyl (C=O) groups excluding carboxylic acids is 2. The van der Waals surface area contributed by atoms with E-state index in [0.717, 1.165) is 109 Å². The van der Waals surface area contributed by atoms with E-state index in [-0.39, 0.29) is 26.1 Å². The number of phosphoric acid groups is 1. The van der Waals surface area contributed by atoms with E-state index in [0.29, 0.717) is 23.9 Å². The highest BCUT2D eigenvalue weighted by Crippen LogP contribution is 2.43. The molecule has 0 aromatic carbocycles. The molecule has 0 amide bonds. The number of phosphoric ester groups is 1. The first kappa shape index (κ1) is 78.1. The van der Waals surface area contributed by atoms with Crippen LogP contribution < -0.4 is 0 Å². The molecule has 0 fully saturated rings. The van der Waals surface area contributed by atoms with Gasteiger partial charge in [0.05, 0.1) is 27.7 Å². The quantitative estimate of drug-likeness (QED) is 0.0211. The van der Waals surface area contributed by atoms with Crippen molar-refractivity contribution in [1.82, 2.24) is 0 Å². The summed E-state index contributed by atoms with van der Waals surface area (Å²) in [6.07, 6.45) is 89.8. The smallest absolute Gasteiger partial charge is 0.462 e. The van der Waals surface area contributed by atoms with Crippen LogP contribution in [-0.2, 0) is 32.7 Å². The molecule has 0 heterocycles. The van der Waals surface area contributed by atoms with E-state index in [2.05, 4.69) is 148 Å². The van der Waals surface area contributed by atoms with Gasteiger partial charge in [0.15, 0.2) is 6.10 Å². The molecule has 82 heavy (non-hydrogen) atoms. The third-order valence-electron chi connectivity index (χ3n) is 13.7. The minimum Gasteiger partial charge on any atom is -0.462 e. The SMILES string of the molecule is CC/C=C\C/C=C\C/C=C\C/C=C\C/C=C\C/C=C\CCCCCCCCCCCCCCCCCCCCCCC(=O)OC(COC(=O)CCCCC/C=C\C/C=C\C/C=C\C/C=C\C/C=C\CC)COP(=O)(O)OCC[N+](C)(C)C. The highest BCUT2D eigenvalue weighted by molar-refractivity contribution is 7.47. The number of rotatable bonds is 59. The van der Waals surface area contributed by atoms with Crippen molar-refractivity contribution in [3.05, 3.63) is 134 Å². The van der Waals surface area contributed by atoms with E-state index in [9.17, 15) is 19.0 Å². The predicted octanol–water partition coefficient (Wildman–Crippen LogP) is 21.3. The number of nitrogens with zero attached hydrogens (tertiary/aromatic N) is 1. The van der Waals surface area contributed by atoms with Gasteiger partial charge in [0, 0.05) is 12.8 Å². The minimum atomic E-state index is -4.40. The zero-order chi connectivity index (χ0) is 59.8. The topological polar surface area (TPSA) is 108 Å². The maximum atomic E-state index is 12.9. The van der Waals surface area contributed by atoms with Crippen molar-refractivity contribution < 1.29 is 42.1 Å². The molecule has 468 valence electrons. The summed E-state index contributed by atoms with van der Waals surface area (Å²) in [5.41, 5.74) is 0. The molecule has 0 radical (unpaired) electrons. The summed E-state index contributed by atoms with van der Waals surface area (Å²) in [6, 6.07) is 0. The molecule has 0 spiro atoms. The summed E-state index contributed by atoms with van der Waals surface area (Å²) in [5.74, 6) is -0.836. The number of likely N-dealkylation sites (N-methyl/N-ethyl adjacent to an activating group) is 1. The summed E-state index contributed by atoms with van der Waals surface area (Å²) >= 11 is 0. The summed E-state index contributed by atoms with van der Waals surface area (Å²) in [5, 5.41) is 0. The first-order valence-electron chi connectivity index (χ1n) is 32.9. The Hall–Kier alpha value is -3.85. The van der Waals surface area contributed by atoms with Crippen LogP contribution in [0.2, 0.25) is 0 Å². The minimum absolute atomic E-state index is 0.0212. The van der Waals surface area contributed by atoms with Gasteiger partial charge < -0.3 is 18.9 Å². The Morgan fingerprint density at radius 1 is 0.378 bits per heavy atom. The molecular weight excluding hydrogens is 1040 g/mol. The lowest BCUT2D eigenvalue weighted by Gasteiger charge is -2.24. The van der Waals surface area contributed by atoms with Crippen LogP contribution in [0.5, 0.6) is 0 Å². The van der Waals surface area contributed by atoms with Crippen LogP contribution in [0.25, 0.3) is 0 Å². The third kappa shape index (κ3) is 65.3. The van der Waals surface area contributed by atoms with Gasteiger partial charge in [-0.15, -0.1) is 0 Å². The molecule has 0 saturated heterocycles. The zero-order valence-corrected chi connectivity index (χ0v) is 54.1. The van der Waals surface area contributed by atoms with Crippen molar-refractivity contribution in [3.63, 3.8) is 0 Å². The number of allylic oxidation sites excluding steroid dienone is 22. The second kappa shape index (κ2) is 61.7. The van der Waals surface area contributed by atoms with E-state index in [1.54, 1.807) is 0 Å². The normalized spacial score (nSPS) is 14.1. The molecule has 2 atom stereocenters. The van der Waals surface area contributed by atoms with E-state index in [1.807, 2.05) is 21.1 Å². The van der Waals surface area contributed by atoms with Gasteiger partial charge in [0.2, 0.25) is 0 Å². The Morgan fingerprint density at radius 3 is 0.988 bits per heavy atom. The summed E-state index contributed by atoms with van der Waals surface area (Å²) < 4.78 is 34.6. The molecule has 0 aliphatic carbocycles. The van der Waals surface area contributed by atoms with Gasteiger partial charge in [0.25, 0.3) is 0 Å². The van der Waals surface area contributed by atoms with Crippen LogP contribution in [0.15, 0.2) is 134 Å². The van der Waals surface area contributed by atoms with Crippen LogP contribution in [0.3, 0.4) is 0 Å². The van der Waals surface area contributed by atoms with E-state index >= 15 is 0 Å². The Kier molecular flexibility index (Phi) is 58.8. The number of hydrogen-bond donors (Lipinski definition) is 1. The lowest BCUT2D eigenvalue weighted by Crippen LogP contribution is -2.37. The maximum Gasteiger partial charge on any atom is 0.472 e. The molecule has 0 rings (SSSR count). The van der Waals surface area contributed by atoms with Crippen LogP contribution >= 0.6 is 7.82 Å². The standard InChI is InChI=1S/C72H122NO8P/c1-6-8-10-12-14-16-18-20-22-24-26-27-28-29-30-31-32-33-34-35-36-37-38-39-40-41-42-43-44-45-47-49-51-53-55-57-59-61-63-65-72(75)81-70(69-80-82(76,77)79-67-66-73(3,4)5)68-78-71(74)64-62-60-58-56-54-52-50-48-46-25-23-21-19-17-15-13-11-9-7-2/h8-11,14-17,20-23,26-27,29-30,32-33,46,48,52,54,70H,6-7,12-13,18-19,24-25,28,31,34-45,47,49-51,53,55-69H2,1-5H3/p+1/b10-8-,11-9-,16-14-,17-15-,22-20-,23-21-,27-26-,30-29-,33-32-,48-46-,54-52-. The van der Waals surface area contributed by atoms with Gasteiger partial charge in [-0.25, -0.2) is 4.57 Å². The first-order chi connectivity index (χ1) is 40.0. The Balaban J connectivity index is 4.03. The van der Waals surface area contributed by atoms with Crippen LogP contribution in [0, 0.1) is 0 Å². The fraction of sp³-hybridized carbons (Fsp3) is 0.667. The van der Waals surface area contributed by atoms with Crippen molar-refractivity contribution in [1.29, 1.82) is 0 Å². The largest absolute Gasteiger partial charge is 0.472 e. The third-order valence-corrected chi connectivity index (χ3v) is 14.7.